The maximum Gasteiger partial charge on any atom is 0.180 e. The van der Waals surface area contributed by atoms with Crippen LogP contribution in [-0.4, -0.2) is 17.0 Å². The fourth-order valence-corrected chi connectivity index (χ4v) is 1.85. The number of aromatic nitrogens is 1. The van der Waals surface area contributed by atoms with Gasteiger partial charge < -0.3 is 0 Å². The van der Waals surface area contributed by atoms with Gasteiger partial charge in [-0.1, -0.05) is 31.2 Å². The van der Waals surface area contributed by atoms with E-state index in [1.54, 1.807) is 6.07 Å². The summed E-state index contributed by atoms with van der Waals surface area (Å²) in [5.74, 6) is 0.0878. The third-order valence-corrected chi connectivity index (χ3v) is 2.94. The summed E-state index contributed by atoms with van der Waals surface area (Å²) in [5, 5.41) is 0. The fourth-order valence-electron chi connectivity index (χ4n) is 1.85. The highest BCUT2D eigenvalue weighted by atomic mass is 16.1. The lowest BCUT2D eigenvalue weighted by atomic mass is 10.1. The molecular formula is C17H18N2O. The molecule has 0 aliphatic carbocycles. The van der Waals surface area contributed by atoms with Gasteiger partial charge in [0, 0.05) is 18.3 Å². The van der Waals surface area contributed by atoms with Gasteiger partial charge >= 0.3 is 0 Å². The van der Waals surface area contributed by atoms with E-state index in [1.807, 2.05) is 55.6 Å². The average molecular weight is 266 g/mol. The summed E-state index contributed by atoms with van der Waals surface area (Å²) in [4.78, 5) is 20.3. The first-order valence-corrected chi connectivity index (χ1v) is 6.86. The summed E-state index contributed by atoms with van der Waals surface area (Å²) in [6, 6.07) is 15.4. The van der Waals surface area contributed by atoms with Crippen molar-refractivity contribution in [2.75, 3.05) is 0 Å². The number of para-hydroxylation sites is 1. The highest BCUT2D eigenvalue weighted by Gasteiger charge is 2.04. The predicted octanol–water partition coefficient (Wildman–Crippen LogP) is 4.01. The molecule has 2 rings (SSSR count). The van der Waals surface area contributed by atoms with E-state index in [0.29, 0.717) is 12.1 Å². The van der Waals surface area contributed by atoms with E-state index in [0.717, 1.165) is 24.2 Å². The van der Waals surface area contributed by atoms with Gasteiger partial charge in [0.1, 0.15) is 5.69 Å². The van der Waals surface area contributed by atoms with Crippen LogP contribution in [0.2, 0.25) is 0 Å². The van der Waals surface area contributed by atoms with Crippen LogP contribution in [0.5, 0.6) is 0 Å². The van der Waals surface area contributed by atoms with Crippen molar-refractivity contribution < 1.29 is 4.79 Å². The standard InChI is InChI=1S/C17H18N2O/c1-2-17(20)16-12-6-10-15(19-16)11-7-13-18-14-8-4-3-5-9-14/h3-6,8-10,12-13H,2,7,11H2,1H3. The molecule has 0 unspecified atom stereocenters. The Morgan fingerprint density at radius 3 is 2.70 bits per heavy atom. The molecule has 0 saturated carbocycles. The number of hydrogen-bond donors (Lipinski definition) is 0. The maximum absolute atomic E-state index is 11.6. The molecule has 1 heterocycles. The maximum atomic E-state index is 11.6. The number of carbonyl (C=O) groups is 1. The van der Waals surface area contributed by atoms with Crippen molar-refractivity contribution in [3.05, 3.63) is 59.9 Å². The number of pyridine rings is 1. The van der Waals surface area contributed by atoms with Gasteiger partial charge in [-0.15, -0.1) is 0 Å². The number of aryl methyl sites for hydroxylation is 1. The summed E-state index contributed by atoms with van der Waals surface area (Å²) in [7, 11) is 0. The lowest BCUT2D eigenvalue weighted by Gasteiger charge is -2.01. The summed E-state index contributed by atoms with van der Waals surface area (Å²) in [6.07, 6.45) is 3.99. The zero-order valence-corrected chi connectivity index (χ0v) is 11.6. The quantitative estimate of drug-likeness (QED) is 0.585. The lowest BCUT2D eigenvalue weighted by Crippen LogP contribution is -2.02. The molecule has 0 aliphatic rings. The van der Waals surface area contributed by atoms with E-state index in [9.17, 15) is 4.79 Å². The van der Waals surface area contributed by atoms with E-state index >= 15 is 0 Å². The van der Waals surface area contributed by atoms with Gasteiger partial charge in [-0.25, -0.2) is 4.98 Å². The molecule has 0 radical (unpaired) electrons. The minimum atomic E-state index is 0.0878. The Kier molecular flexibility index (Phi) is 5.18. The molecule has 0 saturated heterocycles. The number of aliphatic imine (C=N–C) groups is 1. The van der Waals surface area contributed by atoms with Crippen LogP contribution in [0.25, 0.3) is 0 Å². The van der Waals surface area contributed by atoms with Gasteiger partial charge in [0.25, 0.3) is 0 Å². The van der Waals surface area contributed by atoms with Crippen LogP contribution in [0.4, 0.5) is 5.69 Å². The van der Waals surface area contributed by atoms with Crippen LogP contribution in [-0.2, 0) is 6.42 Å². The summed E-state index contributed by atoms with van der Waals surface area (Å²) in [6.45, 7) is 1.85. The zero-order chi connectivity index (χ0) is 14.2. The Hall–Kier alpha value is -2.29. The van der Waals surface area contributed by atoms with Crippen molar-refractivity contribution in [3.63, 3.8) is 0 Å². The number of ketones is 1. The number of nitrogens with zero attached hydrogens (tertiary/aromatic N) is 2. The van der Waals surface area contributed by atoms with Crippen molar-refractivity contribution in [2.45, 2.75) is 26.2 Å². The largest absolute Gasteiger partial charge is 0.292 e. The van der Waals surface area contributed by atoms with E-state index in [2.05, 4.69) is 9.98 Å². The first kappa shape index (κ1) is 14.1. The van der Waals surface area contributed by atoms with Crippen LogP contribution in [0.1, 0.15) is 35.9 Å². The van der Waals surface area contributed by atoms with Crippen molar-refractivity contribution >= 4 is 17.7 Å². The van der Waals surface area contributed by atoms with Gasteiger partial charge in [0.2, 0.25) is 0 Å². The minimum absolute atomic E-state index is 0.0878. The highest BCUT2D eigenvalue weighted by Crippen LogP contribution is 2.09. The van der Waals surface area contributed by atoms with Crippen molar-refractivity contribution in [1.29, 1.82) is 0 Å². The second-order valence-corrected chi connectivity index (χ2v) is 4.48. The van der Waals surface area contributed by atoms with Crippen LogP contribution in [0.3, 0.4) is 0 Å². The van der Waals surface area contributed by atoms with E-state index < -0.39 is 0 Å². The van der Waals surface area contributed by atoms with Gasteiger partial charge in [0.05, 0.1) is 5.69 Å². The van der Waals surface area contributed by atoms with Crippen molar-refractivity contribution in [3.8, 4) is 0 Å². The molecular weight excluding hydrogens is 248 g/mol. The first-order valence-electron chi connectivity index (χ1n) is 6.86. The van der Waals surface area contributed by atoms with E-state index in [4.69, 9.17) is 0 Å². The summed E-state index contributed by atoms with van der Waals surface area (Å²) >= 11 is 0. The lowest BCUT2D eigenvalue weighted by molar-refractivity contribution is 0.0983. The second-order valence-electron chi connectivity index (χ2n) is 4.48. The topological polar surface area (TPSA) is 42.3 Å². The number of benzene rings is 1. The molecule has 1 aromatic heterocycles. The Morgan fingerprint density at radius 2 is 1.95 bits per heavy atom. The molecule has 2 aromatic rings. The molecule has 0 fully saturated rings. The molecule has 102 valence electrons. The second kappa shape index (κ2) is 7.34. The fraction of sp³-hybridized carbons (Fsp3) is 0.235. The molecule has 0 amide bonds. The molecule has 1 aromatic carbocycles. The number of rotatable bonds is 6. The monoisotopic (exact) mass is 266 g/mol. The van der Waals surface area contributed by atoms with Gasteiger partial charge in [0.15, 0.2) is 5.78 Å². The van der Waals surface area contributed by atoms with Crippen molar-refractivity contribution in [2.24, 2.45) is 4.99 Å². The third-order valence-electron chi connectivity index (χ3n) is 2.94. The smallest absolute Gasteiger partial charge is 0.180 e. The summed E-state index contributed by atoms with van der Waals surface area (Å²) in [5.41, 5.74) is 2.45. The van der Waals surface area contributed by atoms with Gasteiger partial charge in [-0.05, 0) is 37.1 Å². The first-order chi connectivity index (χ1) is 9.79. The van der Waals surface area contributed by atoms with Crippen LogP contribution in [0.15, 0.2) is 53.5 Å². The normalized spacial score (nSPS) is 10.8. The molecule has 3 nitrogen and oxygen atoms in total. The predicted molar refractivity (Wildman–Crippen MR) is 81.8 cm³/mol. The Balaban J connectivity index is 1.91. The van der Waals surface area contributed by atoms with E-state index in [-0.39, 0.29) is 5.78 Å². The molecule has 3 heteroatoms. The molecule has 0 atom stereocenters. The third kappa shape index (κ3) is 4.12. The molecule has 0 N–H and O–H groups in total. The van der Waals surface area contributed by atoms with Crippen molar-refractivity contribution in [1.82, 2.24) is 4.98 Å². The highest BCUT2D eigenvalue weighted by molar-refractivity contribution is 5.93. The average Bonchev–Trinajstić information content (AvgIpc) is 2.52. The molecule has 0 spiro atoms. The zero-order valence-electron chi connectivity index (χ0n) is 11.6. The van der Waals surface area contributed by atoms with Crippen LogP contribution in [0, 0.1) is 0 Å². The van der Waals surface area contributed by atoms with Gasteiger partial charge in [-0.3, -0.25) is 9.79 Å². The molecule has 0 aliphatic heterocycles. The Bertz CT molecular complexity index is 591. The molecule has 20 heavy (non-hydrogen) atoms. The summed E-state index contributed by atoms with van der Waals surface area (Å²) < 4.78 is 0. The number of carbonyl (C=O) groups excluding carboxylic acids is 1. The number of hydrogen-bond acceptors (Lipinski definition) is 3. The van der Waals surface area contributed by atoms with E-state index in [1.165, 1.54) is 0 Å². The minimum Gasteiger partial charge on any atom is -0.292 e. The Labute approximate surface area is 119 Å². The van der Waals surface area contributed by atoms with Gasteiger partial charge in [-0.2, -0.15) is 0 Å². The Morgan fingerprint density at radius 1 is 1.15 bits per heavy atom. The SMILES string of the molecule is CCC(=O)c1cccc(CCC=Nc2ccccc2)n1. The number of Topliss-reactive ketones (excluding diaryl/α,β-unsaturated/α-hetero) is 1. The van der Waals surface area contributed by atoms with Crippen LogP contribution >= 0.6 is 0 Å². The molecule has 0 bridgehead atoms. The van der Waals surface area contributed by atoms with Crippen LogP contribution < -0.4 is 0 Å².